The largest absolute Gasteiger partial charge is 0.456 e. The fourth-order valence-corrected chi connectivity index (χ4v) is 2.19. The summed E-state index contributed by atoms with van der Waals surface area (Å²) in [5.74, 6) is 5.66. The molecule has 1 aromatic carbocycles. The van der Waals surface area contributed by atoms with E-state index >= 15 is 0 Å². The Morgan fingerprint density at radius 2 is 2.00 bits per heavy atom. The number of anilines is 1. The van der Waals surface area contributed by atoms with Crippen molar-refractivity contribution in [2.45, 2.75) is 26.8 Å². The number of carbonyl (C=O) groups is 1. The molecule has 5 nitrogen and oxygen atoms in total. The Morgan fingerprint density at radius 3 is 2.57 bits per heavy atom. The standard InChI is InChI=1S/C16H21N3O2/c1-4-12-5-7-14(8-6-12)19(3)10-13-9-15(16(20)18-17)21-11(13)2/h5-9H,4,10,17H2,1-3H3,(H,18,20). The van der Waals surface area contributed by atoms with Gasteiger partial charge in [-0.3, -0.25) is 10.2 Å². The normalized spacial score (nSPS) is 10.5. The third-order valence-electron chi connectivity index (χ3n) is 3.57. The van der Waals surface area contributed by atoms with Gasteiger partial charge < -0.3 is 9.32 Å². The maximum Gasteiger partial charge on any atom is 0.300 e. The van der Waals surface area contributed by atoms with Crippen LogP contribution in [0.15, 0.2) is 34.7 Å². The van der Waals surface area contributed by atoms with Crippen molar-refractivity contribution >= 4 is 11.6 Å². The Kier molecular flexibility index (Phi) is 4.65. The second-order valence-electron chi connectivity index (χ2n) is 5.04. The summed E-state index contributed by atoms with van der Waals surface area (Å²) in [5.41, 5.74) is 5.48. The van der Waals surface area contributed by atoms with Crippen LogP contribution >= 0.6 is 0 Å². The zero-order valence-corrected chi connectivity index (χ0v) is 12.6. The van der Waals surface area contributed by atoms with Crippen LogP contribution in [0.1, 0.15) is 34.4 Å². The minimum absolute atomic E-state index is 0.236. The molecule has 0 aliphatic carbocycles. The van der Waals surface area contributed by atoms with E-state index in [1.165, 1.54) is 5.56 Å². The van der Waals surface area contributed by atoms with Gasteiger partial charge in [-0.1, -0.05) is 19.1 Å². The third-order valence-corrected chi connectivity index (χ3v) is 3.57. The van der Waals surface area contributed by atoms with Crippen molar-refractivity contribution in [2.75, 3.05) is 11.9 Å². The first-order valence-electron chi connectivity index (χ1n) is 6.95. The summed E-state index contributed by atoms with van der Waals surface area (Å²) in [6, 6.07) is 10.2. The van der Waals surface area contributed by atoms with E-state index in [0.29, 0.717) is 6.54 Å². The van der Waals surface area contributed by atoms with Crippen LogP contribution in [0, 0.1) is 6.92 Å². The smallest absolute Gasteiger partial charge is 0.300 e. The first-order valence-corrected chi connectivity index (χ1v) is 6.95. The highest BCUT2D eigenvalue weighted by Gasteiger charge is 2.14. The number of nitrogens with two attached hydrogens (primary N) is 1. The molecule has 0 saturated carbocycles. The van der Waals surface area contributed by atoms with Crippen molar-refractivity contribution in [1.82, 2.24) is 5.43 Å². The topological polar surface area (TPSA) is 71.5 Å². The average molecular weight is 287 g/mol. The van der Waals surface area contributed by atoms with E-state index < -0.39 is 5.91 Å². The van der Waals surface area contributed by atoms with Gasteiger partial charge in [0.15, 0.2) is 5.76 Å². The molecule has 21 heavy (non-hydrogen) atoms. The molecule has 0 unspecified atom stereocenters. The van der Waals surface area contributed by atoms with E-state index in [0.717, 1.165) is 23.4 Å². The van der Waals surface area contributed by atoms with Gasteiger partial charge in [0.25, 0.3) is 0 Å². The predicted molar refractivity (Wildman–Crippen MR) is 83.0 cm³/mol. The molecule has 112 valence electrons. The van der Waals surface area contributed by atoms with E-state index in [9.17, 15) is 4.79 Å². The zero-order chi connectivity index (χ0) is 15.4. The summed E-state index contributed by atoms with van der Waals surface area (Å²) in [6.07, 6.45) is 1.03. The van der Waals surface area contributed by atoms with E-state index in [-0.39, 0.29) is 5.76 Å². The number of benzene rings is 1. The van der Waals surface area contributed by atoms with Crippen LogP contribution in [0.3, 0.4) is 0 Å². The summed E-state index contributed by atoms with van der Waals surface area (Å²) in [5, 5.41) is 0. The Morgan fingerprint density at radius 1 is 1.33 bits per heavy atom. The lowest BCUT2D eigenvalue weighted by Gasteiger charge is -2.19. The highest BCUT2D eigenvalue weighted by molar-refractivity contribution is 5.91. The highest BCUT2D eigenvalue weighted by Crippen LogP contribution is 2.20. The first-order chi connectivity index (χ1) is 10.0. The number of hydrogen-bond donors (Lipinski definition) is 2. The maximum absolute atomic E-state index is 11.5. The van der Waals surface area contributed by atoms with Crippen molar-refractivity contribution in [3.05, 3.63) is 53.0 Å². The molecule has 0 aliphatic heterocycles. The maximum atomic E-state index is 11.5. The van der Waals surface area contributed by atoms with Gasteiger partial charge in [-0.15, -0.1) is 0 Å². The van der Waals surface area contributed by atoms with Gasteiger partial charge in [0.05, 0.1) is 0 Å². The Labute approximate surface area is 124 Å². The lowest BCUT2D eigenvalue weighted by atomic mass is 10.1. The molecule has 1 amide bonds. The molecule has 0 radical (unpaired) electrons. The van der Waals surface area contributed by atoms with Crippen molar-refractivity contribution in [3.8, 4) is 0 Å². The molecule has 0 saturated heterocycles. The minimum Gasteiger partial charge on any atom is -0.456 e. The van der Waals surface area contributed by atoms with Gasteiger partial charge in [-0.2, -0.15) is 0 Å². The molecule has 1 aromatic heterocycles. The minimum atomic E-state index is -0.417. The lowest BCUT2D eigenvalue weighted by molar-refractivity contribution is 0.0924. The number of rotatable bonds is 5. The first kappa shape index (κ1) is 15.1. The number of carbonyl (C=O) groups excluding carboxylic acids is 1. The molecule has 2 aromatic rings. The Balaban J connectivity index is 2.13. The van der Waals surface area contributed by atoms with Crippen LogP contribution in [0.25, 0.3) is 0 Å². The molecule has 0 spiro atoms. The van der Waals surface area contributed by atoms with E-state index in [1.54, 1.807) is 6.07 Å². The molecule has 2 rings (SSSR count). The molecule has 1 heterocycles. The van der Waals surface area contributed by atoms with Gasteiger partial charge in [0.2, 0.25) is 0 Å². The van der Waals surface area contributed by atoms with Crippen LogP contribution in [-0.2, 0) is 13.0 Å². The lowest BCUT2D eigenvalue weighted by Crippen LogP contribution is -2.29. The summed E-state index contributed by atoms with van der Waals surface area (Å²) in [4.78, 5) is 13.6. The molecule has 0 bridgehead atoms. The van der Waals surface area contributed by atoms with Gasteiger partial charge in [0, 0.05) is 24.8 Å². The van der Waals surface area contributed by atoms with Gasteiger partial charge in [-0.25, -0.2) is 5.84 Å². The predicted octanol–water partition coefficient (Wildman–Crippen LogP) is 2.39. The Hall–Kier alpha value is -2.27. The summed E-state index contributed by atoms with van der Waals surface area (Å²) in [6.45, 7) is 4.65. The van der Waals surface area contributed by atoms with E-state index in [4.69, 9.17) is 10.3 Å². The molecule has 5 heteroatoms. The monoisotopic (exact) mass is 287 g/mol. The fourth-order valence-electron chi connectivity index (χ4n) is 2.19. The SMILES string of the molecule is CCc1ccc(N(C)Cc2cc(C(=O)NN)oc2C)cc1. The summed E-state index contributed by atoms with van der Waals surface area (Å²) in [7, 11) is 2.01. The molecule has 0 fully saturated rings. The fraction of sp³-hybridized carbons (Fsp3) is 0.312. The average Bonchev–Trinajstić information content (AvgIpc) is 2.87. The van der Waals surface area contributed by atoms with Crippen molar-refractivity contribution in [1.29, 1.82) is 0 Å². The van der Waals surface area contributed by atoms with E-state index in [1.807, 2.05) is 14.0 Å². The van der Waals surface area contributed by atoms with Crippen molar-refractivity contribution < 1.29 is 9.21 Å². The highest BCUT2D eigenvalue weighted by atomic mass is 16.4. The second-order valence-corrected chi connectivity index (χ2v) is 5.04. The van der Waals surface area contributed by atoms with Gasteiger partial charge in [0.1, 0.15) is 5.76 Å². The van der Waals surface area contributed by atoms with Gasteiger partial charge in [-0.05, 0) is 37.1 Å². The van der Waals surface area contributed by atoms with Gasteiger partial charge >= 0.3 is 5.91 Å². The number of nitrogens with one attached hydrogen (secondary N) is 1. The number of hydrazine groups is 1. The second kappa shape index (κ2) is 6.45. The molecule has 0 atom stereocenters. The molecular formula is C16H21N3O2. The number of nitrogen functional groups attached to an aromatic ring is 1. The number of nitrogens with zero attached hydrogens (tertiary/aromatic N) is 1. The van der Waals surface area contributed by atoms with Crippen molar-refractivity contribution in [2.24, 2.45) is 5.84 Å². The number of amides is 1. The summed E-state index contributed by atoms with van der Waals surface area (Å²) < 4.78 is 5.42. The molecular weight excluding hydrogens is 266 g/mol. The quantitative estimate of drug-likeness (QED) is 0.503. The third kappa shape index (κ3) is 3.44. The van der Waals surface area contributed by atoms with Crippen LogP contribution in [0.5, 0.6) is 0 Å². The Bertz CT molecular complexity index is 617. The zero-order valence-electron chi connectivity index (χ0n) is 12.6. The number of aryl methyl sites for hydroxylation is 2. The number of furan rings is 1. The van der Waals surface area contributed by atoms with E-state index in [2.05, 4.69) is 41.5 Å². The van der Waals surface area contributed by atoms with Crippen LogP contribution < -0.4 is 16.2 Å². The van der Waals surface area contributed by atoms with Crippen LogP contribution in [0.2, 0.25) is 0 Å². The molecule has 3 N–H and O–H groups in total. The number of hydrogen-bond acceptors (Lipinski definition) is 4. The van der Waals surface area contributed by atoms with Crippen LogP contribution in [0.4, 0.5) is 5.69 Å². The van der Waals surface area contributed by atoms with Crippen molar-refractivity contribution in [3.63, 3.8) is 0 Å². The van der Waals surface area contributed by atoms with Crippen LogP contribution in [-0.4, -0.2) is 13.0 Å². The molecule has 0 aliphatic rings. The summed E-state index contributed by atoms with van der Waals surface area (Å²) >= 11 is 0.